The van der Waals surface area contributed by atoms with E-state index in [1.54, 1.807) is 6.20 Å². The minimum atomic E-state index is -2.32. The molecule has 2 nitrogen and oxygen atoms in total. The predicted octanol–water partition coefficient (Wildman–Crippen LogP) is 5.37. The highest BCUT2D eigenvalue weighted by Gasteiger charge is 2.30. The van der Waals surface area contributed by atoms with Crippen molar-refractivity contribution in [1.29, 1.82) is 0 Å². The number of aryl methyl sites for hydroxylation is 1. The number of hydrogen-bond acceptors (Lipinski definition) is 2. The zero-order valence-corrected chi connectivity index (χ0v) is 14.2. The van der Waals surface area contributed by atoms with Gasteiger partial charge in [-0.2, -0.15) is 0 Å². The first-order valence-corrected chi connectivity index (χ1v) is 8.63. The molecule has 4 heteroatoms. The molecule has 0 saturated heterocycles. The summed E-state index contributed by atoms with van der Waals surface area (Å²) in [6.07, 6.45) is 6.86. The molecule has 0 bridgehead atoms. The van der Waals surface area contributed by atoms with Gasteiger partial charge in [-0.05, 0) is 50.4 Å². The van der Waals surface area contributed by atoms with Gasteiger partial charge in [-0.3, -0.25) is 0 Å². The second-order valence-corrected chi connectivity index (χ2v) is 5.87. The van der Waals surface area contributed by atoms with Gasteiger partial charge in [0, 0.05) is 31.6 Å². The molecule has 0 amide bonds. The number of alkyl halides is 2. The Morgan fingerprint density at radius 1 is 1.17 bits per heavy atom. The van der Waals surface area contributed by atoms with Crippen molar-refractivity contribution in [2.45, 2.75) is 57.8 Å². The third kappa shape index (κ3) is 8.58. The summed E-state index contributed by atoms with van der Waals surface area (Å²) in [5.74, 6) is -2.32. The lowest BCUT2D eigenvalue weighted by atomic mass is 9.97. The van der Waals surface area contributed by atoms with Gasteiger partial charge in [0.25, 0.3) is 0 Å². The third-order valence-corrected chi connectivity index (χ3v) is 3.89. The van der Waals surface area contributed by atoms with Gasteiger partial charge in [-0.15, -0.1) is 0 Å². The molecule has 2 N–H and O–H groups in total. The van der Waals surface area contributed by atoms with Gasteiger partial charge in [-0.1, -0.05) is 31.2 Å². The fourth-order valence-corrected chi connectivity index (χ4v) is 2.63. The fraction of sp³-hybridized carbons (Fsp3) is 0.579. The van der Waals surface area contributed by atoms with E-state index in [9.17, 15) is 8.78 Å². The minimum absolute atomic E-state index is 0.118. The Morgan fingerprint density at radius 2 is 1.87 bits per heavy atom. The molecule has 23 heavy (non-hydrogen) atoms. The van der Waals surface area contributed by atoms with Crippen molar-refractivity contribution in [2.75, 3.05) is 18.4 Å². The van der Waals surface area contributed by atoms with Gasteiger partial charge in [0.05, 0.1) is 0 Å². The third-order valence-electron chi connectivity index (χ3n) is 3.89. The highest BCUT2D eigenvalue weighted by Crippen LogP contribution is 2.32. The van der Waals surface area contributed by atoms with Crippen LogP contribution in [0.5, 0.6) is 0 Å². The topological polar surface area (TPSA) is 24.1 Å². The van der Waals surface area contributed by atoms with E-state index in [0.29, 0.717) is 12.8 Å². The summed E-state index contributed by atoms with van der Waals surface area (Å²) in [6, 6.07) is 8.53. The lowest BCUT2D eigenvalue weighted by Crippen LogP contribution is -2.18. The molecule has 130 valence electrons. The maximum Gasteiger partial charge on any atom is 0.248 e. The summed E-state index contributed by atoms with van der Waals surface area (Å²) in [4.78, 5) is 0. The molecule has 1 fully saturated rings. The Bertz CT molecular complexity index is 414. The van der Waals surface area contributed by atoms with Gasteiger partial charge in [0.2, 0.25) is 5.92 Å². The van der Waals surface area contributed by atoms with Gasteiger partial charge in [0.15, 0.2) is 0 Å². The SMILES string of the molecule is C=CNCC.FC1(F)CCCCC1.c1ccc2c(c1)CCCN2. The number of hydrogen-bond donors (Lipinski definition) is 2. The average Bonchev–Trinajstić information content (AvgIpc) is 2.57. The van der Waals surface area contributed by atoms with Crippen LogP contribution in [0, 0.1) is 0 Å². The molecule has 1 aromatic carbocycles. The smallest absolute Gasteiger partial charge is 0.248 e. The summed E-state index contributed by atoms with van der Waals surface area (Å²) >= 11 is 0. The van der Waals surface area contributed by atoms with Crippen LogP contribution in [-0.2, 0) is 6.42 Å². The summed E-state index contributed by atoms with van der Waals surface area (Å²) < 4.78 is 24.4. The summed E-state index contributed by atoms with van der Waals surface area (Å²) in [5.41, 5.74) is 2.79. The maximum atomic E-state index is 12.2. The van der Waals surface area contributed by atoms with Crippen LogP contribution >= 0.6 is 0 Å². The van der Waals surface area contributed by atoms with Crippen LogP contribution in [0.4, 0.5) is 14.5 Å². The van der Waals surface area contributed by atoms with E-state index in [0.717, 1.165) is 19.5 Å². The van der Waals surface area contributed by atoms with E-state index in [-0.39, 0.29) is 12.8 Å². The van der Waals surface area contributed by atoms with Crippen LogP contribution in [0.25, 0.3) is 0 Å². The van der Waals surface area contributed by atoms with Crippen LogP contribution in [0.15, 0.2) is 37.0 Å². The minimum Gasteiger partial charge on any atom is -0.392 e. The Labute approximate surface area is 139 Å². The number of fused-ring (bicyclic) bond motifs is 1. The van der Waals surface area contributed by atoms with Crippen molar-refractivity contribution in [1.82, 2.24) is 5.32 Å². The van der Waals surface area contributed by atoms with Gasteiger partial charge in [-0.25, -0.2) is 8.78 Å². The van der Waals surface area contributed by atoms with E-state index in [1.165, 1.54) is 24.1 Å². The van der Waals surface area contributed by atoms with Gasteiger partial charge in [0.1, 0.15) is 0 Å². The Hall–Kier alpha value is -1.58. The van der Waals surface area contributed by atoms with Crippen molar-refractivity contribution in [3.8, 4) is 0 Å². The van der Waals surface area contributed by atoms with Gasteiger partial charge < -0.3 is 10.6 Å². The van der Waals surface area contributed by atoms with Crippen LogP contribution in [-0.4, -0.2) is 19.0 Å². The quantitative estimate of drug-likeness (QED) is 0.764. The second kappa shape index (κ2) is 11.0. The van der Waals surface area contributed by atoms with Crippen LogP contribution in [0.3, 0.4) is 0 Å². The van der Waals surface area contributed by atoms with Crippen molar-refractivity contribution in [3.63, 3.8) is 0 Å². The fourth-order valence-electron chi connectivity index (χ4n) is 2.63. The maximum absolute atomic E-state index is 12.2. The number of rotatable bonds is 2. The molecule has 1 aromatic rings. The summed E-state index contributed by atoms with van der Waals surface area (Å²) in [5, 5.41) is 6.24. The summed E-state index contributed by atoms with van der Waals surface area (Å²) in [6.45, 7) is 7.58. The van der Waals surface area contributed by atoms with E-state index < -0.39 is 5.92 Å². The van der Waals surface area contributed by atoms with Crippen LogP contribution in [0.1, 0.15) is 51.0 Å². The first-order chi connectivity index (χ1) is 11.1. The first kappa shape index (κ1) is 19.5. The molecule has 0 atom stereocenters. The number of para-hydroxylation sites is 1. The predicted molar refractivity (Wildman–Crippen MR) is 95.2 cm³/mol. The molecule has 0 unspecified atom stereocenters. The number of benzene rings is 1. The number of anilines is 1. The van der Waals surface area contributed by atoms with Gasteiger partial charge >= 0.3 is 0 Å². The lowest BCUT2D eigenvalue weighted by Gasteiger charge is -2.20. The molecule has 0 spiro atoms. The van der Waals surface area contributed by atoms with E-state index >= 15 is 0 Å². The van der Waals surface area contributed by atoms with Crippen molar-refractivity contribution in [2.24, 2.45) is 0 Å². The number of nitrogens with one attached hydrogen (secondary N) is 2. The molecular weight excluding hydrogens is 294 g/mol. The van der Waals surface area contributed by atoms with E-state index in [1.807, 2.05) is 6.92 Å². The molecule has 1 heterocycles. The number of halogens is 2. The van der Waals surface area contributed by atoms with Crippen LogP contribution < -0.4 is 10.6 Å². The zero-order chi connectivity index (χ0) is 17.0. The Balaban J connectivity index is 0.000000184. The van der Waals surface area contributed by atoms with Crippen molar-refractivity contribution < 1.29 is 8.78 Å². The second-order valence-electron chi connectivity index (χ2n) is 5.87. The monoisotopic (exact) mass is 324 g/mol. The highest BCUT2D eigenvalue weighted by molar-refractivity contribution is 5.52. The largest absolute Gasteiger partial charge is 0.392 e. The highest BCUT2D eigenvalue weighted by atomic mass is 19.3. The summed E-state index contributed by atoms with van der Waals surface area (Å²) in [7, 11) is 0. The average molecular weight is 324 g/mol. The lowest BCUT2D eigenvalue weighted by molar-refractivity contribution is -0.0337. The molecular formula is C19H30F2N2. The molecule has 0 aromatic heterocycles. The van der Waals surface area contributed by atoms with E-state index in [4.69, 9.17) is 0 Å². The normalized spacial score (nSPS) is 17.9. The Kier molecular flexibility index (Phi) is 9.34. The molecule has 1 aliphatic carbocycles. The molecule has 0 radical (unpaired) electrons. The Morgan fingerprint density at radius 3 is 2.35 bits per heavy atom. The van der Waals surface area contributed by atoms with Crippen molar-refractivity contribution in [3.05, 3.63) is 42.6 Å². The molecule has 2 aliphatic rings. The zero-order valence-electron chi connectivity index (χ0n) is 14.2. The first-order valence-electron chi connectivity index (χ1n) is 8.63. The van der Waals surface area contributed by atoms with Crippen molar-refractivity contribution >= 4 is 5.69 Å². The van der Waals surface area contributed by atoms with Crippen LogP contribution in [0.2, 0.25) is 0 Å². The molecule has 3 rings (SSSR count). The molecule has 1 aliphatic heterocycles. The standard InChI is InChI=1S/C9H11N.C6H10F2.C4H9N/c1-2-6-9-8(4-1)5-3-7-10-9;7-6(8)4-2-1-3-5-6;1-3-5-4-2/h1-2,4,6,10H,3,5,7H2;1-5H2;3,5H,1,4H2,2H3. The van der Waals surface area contributed by atoms with E-state index in [2.05, 4.69) is 41.5 Å². The molecule has 1 saturated carbocycles.